The van der Waals surface area contributed by atoms with E-state index in [-0.39, 0.29) is 11.8 Å². The van der Waals surface area contributed by atoms with E-state index in [0.717, 1.165) is 13.0 Å². The van der Waals surface area contributed by atoms with Gasteiger partial charge < -0.3 is 5.32 Å². The molecule has 3 heteroatoms. The van der Waals surface area contributed by atoms with Gasteiger partial charge in [-0.15, -0.1) is 0 Å². The molecule has 3 atom stereocenters. The SMILES string of the molecule is O=C1NCC2CCC(S)CC12. The molecule has 1 saturated carbocycles. The Morgan fingerprint density at radius 3 is 3.09 bits per heavy atom. The second kappa shape index (κ2) is 2.70. The molecular formula is C8H13NOS. The molecule has 1 amide bonds. The average molecular weight is 171 g/mol. The van der Waals surface area contributed by atoms with Crippen molar-refractivity contribution in [2.75, 3.05) is 6.54 Å². The third-order valence-electron chi connectivity index (χ3n) is 2.84. The number of thiol groups is 1. The van der Waals surface area contributed by atoms with E-state index in [9.17, 15) is 4.79 Å². The molecule has 1 aliphatic carbocycles. The average Bonchev–Trinajstić information content (AvgIpc) is 2.33. The van der Waals surface area contributed by atoms with Crippen molar-refractivity contribution in [1.29, 1.82) is 0 Å². The maximum Gasteiger partial charge on any atom is 0.223 e. The molecule has 1 aliphatic heterocycles. The summed E-state index contributed by atoms with van der Waals surface area (Å²) < 4.78 is 0. The van der Waals surface area contributed by atoms with E-state index in [0.29, 0.717) is 11.2 Å². The van der Waals surface area contributed by atoms with E-state index in [1.54, 1.807) is 0 Å². The predicted octanol–water partition coefficient (Wildman–Crippen LogP) is 0.831. The summed E-state index contributed by atoms with van der Waals surface area (Å²) in [5.41, 5.74) is 0. The van der Waals surface area contributed by atoms with Crippen molar-refractivity contribution >= 4 is 18.5 Å². The van der Waals surface area contributed by atoms with Crippen molar-refractivity contribution in [3.63, 3.8) is 0 Å². The number of carbonyl (C=O) groups is 1. The first-order chi connectivity index (χ1) is 5.27. The monoisotopic (exact) mass is 171 g/mol. The first-order valence-electron chi connectivity index (χ1n) is 4.23. The van der Waals surface area contributed by atoms with Gasteiger partial charge in [0.1, 0.15) is 0 Å². The number of hydrogen-bond donors (Lipinski definition) is 2. The van der Waals surface area contributed by atoms with E-state index >= 15 is 0 Å². The molecule has 11 heavy (non-hydrogen) atoms. The third kappa shape index (κ3) is 1.26. The van der Waals surface area contributed by atoms with Crippen molar-refractivity contribution < 1.29 is 4.79 Å². The summed E-state index contributed by atoms with van der Waals surface area (Å²) in [6, 6.07) is 0. The van der Waals surface area contributed by atoms with Crippen LogP contribution in [0.15, 0.2) is 0 Å². The second-order valence-electron chi connectivity index (χ2n) is 3.58. The van der Waals surface area contributed by atoms with Gasteiger partial charge in [0.25, 0.3) is 0 Å². The molecule has 2 rings (SSSR count). The smallest absolute Gasteiger partial charge is 0.223 e. The first-order valence-corrected chi connectivity index (χ1v) is 4.75. The summed E-state index contributed by atoms with van der Waals surface area (Å²) in [6.45, 7) is 0.907. The van der Waals surface area contributed by atoms with Gasteiger partial charge in [-0.2, -0.15) is 12.6 Å². The Morgan fingerprint density at radius 1 is 1.45 bits per heavy atom. The molecule has 1 heterocycles. The van der Waals surface area contributed by atoms with E-state index in [2.05, 4.69) is 17.9 Å². The number of fused-ring (bicyclic) bond motifs is 1. The van der Waals surface area contributed by atoms with Crippen LogP contribution in [-0.4, -0.2) is 17.7 Å². The van der Waals surface area contributed by atoms with Gasteiger partial charge in [0.05, 0.1) is 0 Å². The molecule has 0 aromatic carbocycles. The summed E-state index contributed by atoms with van der Waals surface area (Å²) >= 11 is 4.40. The number of carbonyl (C=O) groups excluding carboxylic acids is 1. The van der Waals surface area contributed by atoms with Gasteiger partial charge in [-0.05, 0) is 25.2 Å². The van der Waals surface area contributed by atoms with Gasteiger partial charge in [0, 0.05) is 17.7 Å². The van der Waals surface area contributed by atoms with Crippen LogP contribution < -0.4 is 5.32 Å². The van der Waals surface area contributed by atoms with Gasteiger partial charge in [-0.25, -0.2) is 0 Å². The minimum Gasteiger partial charge on any atom is -0.356 e. The van der Waals surface area contributed by atoms with Crippen LogP contribution in [-0.2, 0) is 4.79 Å². The highest BCUT2D eigenvalue weighted by Gasteiger charge is 2.38. The van der Waals surface area contributed by atoms with Gasteiger partial charge in [-0.3, -0.25) is 4.79 Å². The van der Waals surface area contributed by atoms with E-state index in [4.69, 9.17) is 0 Å². The molecule has 0 radical (unpaired) electrons. The zero-order chi connectivity index (χ0) is 7.84. The lowest BCUT2D eigenvalue weighted by molar-refractivity contribution is -0.123. The van der Waals surface area contributed by atoms with Crippen LogP contribution in [0.2, 0.25) is 0 Å². The topological polar surface area (TPSA) is 29.1 Å². The lowest BCUT2D eigenvalue weighted by atomic mass is 9.81. The molecule has 2 fully saturated rings. The van der Waals surface area contributed by atoms with Crippen LogP contribution in [0.3, 0.4) is 0 Å². The number of nitrogens with one attached hydrogen (secondary N) is 1. The Bertz CT molecular complexity index is 183. The maximum absolute atomic E-state index is 11.2. The highest BCUT2D eigenvalue weighted by molar-refractivity contribution is 7.80. The Kier molecular flexibility index (Phi) is 1.83. The predicted molar refractivity (Wildman–Crippen MR) is 46.6 cm³/mol. The molecule has 1 N–H and O–H groups in total. The Labute approximate surface area is 72.1 Å². The number of rotatable bonds is 0. The van der Waals surface area contributed by atoms with Gasteiger partial charge >= 0.3 is 0 Å². The molecule has 0 aromatic rings. The van der Waals surface area contributed by atoms with Crippen molar-refractivity contribution in [3.05, 3.63) is 0 Å². The van der Waals surface area contributed by atoms with Crippen molar-refractivity contribution in [2.45, 2.75) is 24.5 Å². The van der Waals surface area contributed by atoms with Crippen molar-refractivity contribution in [2.24, 2.45) is 11.8 Å². The zero-order valence-electron chi connectivity index (χ0n) is 6.42. The number of amides is 1. The molecule has 2 nitrogen and oxygen atoms in total. The fourth-order valence-corrected chi connectivity index (χ4v) is 2.52. The Hall–Kier alpha value is -0.180. The van der Waals surface area contributed by atoms with Gasteiger partial charge in [0.15, 0.2) is 0 Å². The van der Waals surface area contributed by atoms with E-state index in [1.165, 1.54) is 12.8 Å². The van der Waals surface area contributed by atoms with Crippen LogP contribution >= 0.6 is 12.6 Å². The van der Waals surface area contributed by atoms with E-state index < -0.39 is 0 Å². The molecular weight excluding hydrogens is 158 g/mol. The molecule has 0 spiro atoms. The molecule has 1 saturated heterocycles. The fourth-order valence-electron chi connectivity index (χ4n) is 2.14. The summed E-state index contributed by atoms with van der Waals surface area (Å²) in [5, 5.41) is 3.37. The molecule has 3 unspecified atom stereocenters. The standard InChI is InChI=1S/C8H13NOS/c10-8-7-3-6(11)2-1-5(7)4-9-8/h5-7,11H,1-4H2,(H,9,10). The minimum absolute atomic E-state index is 0.258. The fraction of sp³-hybridized carbons (Fsp3) is 0.875. The Balaban J connectivity index is 2.07. The highest BCUT2D eigenvalue weighted by atomic mass is 32.1. The summed E-state index contributed by atoms with van der Waals surface area (Å²) in [7, 11) is 0. The molecule has 2 aliphatic rings. The normalized spacial score (nSPS) is 43.4. The van der Waals surface area contributed by atoms with Crippen LogP contribution in [0.4, 0.5) is 0 Å². The van der Waals surface area contributed by atoms with E-state index in [1.807, 2.05) is 0 Å². The van der Waals surface area contributed by atoms with Crippen LogP contribution in [0.1, 0.15) is 19.3 Å². The summed E-state index contributed by atoms with van der Waals surface area (Å²) in [6.07, 6.45) is 3.34. The molecule has 0 bridgehead atoms. The van der Waals surface area contributed by atoms with Gasteiger partial charge in [-0.1, -0.05) is 0 Å². The zero-order valence-corrected chi connectivity index (χ0v) is 7.31. The van der Waals surface area contributed by atoms with Crippen molar-refractivity contribution in [1.82, 2.24) is 5.32 Å². The highest BCUT2D eigenvalue weighted by Crippen LogP contribution is 2.35. The van der Waals surface area contributed by atoms with Crippen LogP contribution in [0.5, 0.6) is 0 Å². The quantitative estimate of drug-likeness (QED) is 0.519. The minimum atomic E-state index is 0.258. The lowest BCUT2D eigenvalue weighted by Gasteiger charge is -2.26. The first kappa shape index (κ1) is 7.47. The van der Waals surface area contributed by atoms with Crippen LogP contribution in [0, 0.1) is 11.8 Å². The summed E-state index contributed by atoms with van der Waals surface area (Å²) in [5.74, 6) is 1.16. The third-order valence-corrected chi connectivity index (χ3v) is 3.31. The second-order valence-corrected chi connectivity index (χ2v) is 4.31. The van der Waals surface area contributed by atoms with Crippen molar-refractivity contribution in [3.8, 4) is 0 Å². The Morgan fingerprint density at radius 2 is 2.27 bits per heavy atom. The summed E-state index contributed by atoms with van der Waals surface area (Å²) in [4.78, 5) is 11.2. The molecule has 0 aromatic heterocycles. The van der Waals surface area contributed by atoms with Crippen LogP contribution in [0.25, 0.3) is 0 Å². The largest absolute Gasteiger partial charge is 0.356 e. The lowest BCUT2D eigenvalue weighted by Crippen LogP contribution is -2.26. The van der Waals surface area contributed by atoms with Gasteiger partial charge in [0.2, 0.25) is 5.91 Å². The molecule has 62 valence electrons. The number of hydrogen-bond acceptors (Lipinski definition) is 2. The maximum atomic E-state index is 11.2.